The molecular formula is C16H19N3O3. The Morgan fingerprint density at radius 2 is 2.05 bits per heavy atom. The van der Waals surface area contributed by atoms with E-state index < -0.39 is 0 Å². The lowest BCUT2D eigenvalue weighted by Gasteiger charge is -2.07. The van der Waals surface area contributed by atoms with Crippen LogP contribution >= 0.6 is 0 Å². The predicted molar refractivity (Wildman–Crippen MR) is 83.8 cm³/mol. The van der Waals surface area contributed by atoms with Crippen LogP contribution < -0.4 is 15.6 Å². The number of hydrogen-bond donors (Lipinski definition) is 1. The SMILES string of the molecule is CCCNC(=O)Cn1cnc(-c2ccc(OC)cc2)cc1=O. The third-order valence-electron chi connectivity index (χ3n) is 3.15. The number of carbonyl (C=O) groups excluding carboxylic acids is 1. The van der Waals surface area contributed by atoms with E-state index in [1.807, 2.05) is 19.1 Å². The summed E-state index contributed by atoms with van der Waals surface area (Å²) in [5, 5.41) is 2.73. The van der Waals surface area contributed by atoms with Gasteiger partial charge in [0.15, 0.2) is 0 Å². The minimum Gasteiger partial charge on any atom is -0.497 e. The number of hydrogen-bond acceptors (Lipinski definition) is 4. The first kappa shape index (κ1) is 15.8. The molecule has 0 atom stereocenters. The van der Waals surface area contributed by atoms with E-state index >= 15 is 0 Å². The van der Waals surface area contributed by atoms with E-state index in [9.17, 15) is 9.59 Å². The average Bonchev–Trinajstić information content (AvgIpc) is 2.55. The Kier molecular flexibility index (Phi) is 5.30. The fourth-order valence-corrected chi connectivity index (χ4v) is 1.94. The molecule has 1 amide bonds. The number of nitrogens with one attached hydrogen (secondary N) is 1. The van der Waals surface area contributed by atoms with E-state index in [4.69, 9.17) is 4.74 Å². The maximum absolute atomic E-state index is 12.1. The lowest BCUT2D eigenvalue weighted by Crippen LogP contribution is -2.32. The topological polar surface area (TPSA) is 73.2 Å². The third kappa shape index (κ3) is 3.94. The molecule has 6 nitrogen and oxygen atoms in total. The van der Waals surface area contributed by atoms with Crippen molar-refractivity contribution in [3.8, 4) is 17.0 Å². The number of nitrogens with zero attached hydrogens (tertiary/aromatic N) is 2. The molecule has 0 spiro atoms. The van der Waals surface area contributed by atoms with Crippen LogP contribution in [-0.2, 0) is 11.3 Å². The number of benzene rings is 1. The highest BCUT2D eigenvalue weighted by molar-refractivity contribution is 5.75. The maximum atomic E-state index is 12.1. The summed E-state index contributed by atoms with van der Waals surface area (Å²) in [6, 6.07) is 8.70. The van der Waals surface area contributed by atoms with E-state index in [2.05, 4.69) is 10.3 Å². The molecule has 0 fully saturated rings. The second-order valence-electron chi connectivity index (χ2n) is 4.82. The van der Waals surface area contributed by atoms with Gasteiger partial charge >= 0.3 is 0 Å². The molecule has 2 rings (SSSR count). The number of ether oxygens (including phenoxy) is 1. The van der Waals surface area contributed by atoms with Crippen LogP contribution in [0.3, 0.4) is 0 Å². The van der Waals surface area contributed by atoms with Gasteiger partial charge in [-0.3, -0.25) is 14.2 Å². The van der Waals surface area contributed by atoms with E-state index in [1.54, 1.807) is 19.2 Å². The van der Waals surface area contributed by atoms with Crippen LogP contribution in [0.15, 0.2) is 41.5 Å². The molecular weight excluding hydrogens is 282 g/mol. The average molecular weight is 301 g/mol. The summed E-state index contributed by atoms with van der Waals surface area (Å²) in [4.78, 5) is 27.9. The van der Waals surface area contributed by atoms with Gasteiger partial charge in [-0.05, 0) is 30.7 Å². The number of amides is 1. The molecule has 1 heterocycles. The van der Waals surface area contributed by atoms with Gasteiger partial charge in [0.05, 0.1) is 19.1 Å². The van der Waals surface area contributed by atoms with E-state index in [1.165, 1.54) is 17.0 Å². The molecule has 0 aliphatic carbocycles. The summed E-state index contributed by atoms with van der Waals surface area (Å²) < 4.78 is 6.38. The Bertz CT molecular complexity index is 693. The molecule has 2 aromatic rings. The number of aromatic nitrogens is 2. The minimum atomic E-state index is -0.257. The van der Waals surface area contributed by atoms with Crippen LogP contribution in [0.25, 0.3) is 11.3 Å². The summed E-state index contributed by atoms with van der Waals surface area (Å²) in [6.45, 7) is 2.55. The van der Waals surface area contributed by atoms with Gasteiger partial charge in [0, 0.05) is 18.2 Å². The Labute approximate surface area is 128 Å². The maximum Gasteiger partial charge on any atom is 0.254 e. The van der Waals surface area contributed by atoms with Crippen molar-refractivity contribution in [2.75, 3.05) is 13.7 Å². The molecule has 6 heteroatoms. The monoisotopic (exact) mass is 301 g/mol. The van der Waals surface area contributed by atoms with Gasteiger partial charge in [0.25, 0.3) is 5.56 Å². The van der Waals surface area contributed by atoms with Gasteiger partial charge in [-0.15, -0.1) is 0 Å². The van der Waals surface area contributed by atoms with E-state index in [0.717, 1.165) is 17.7 Å². The van der Waals surface area contributed by atoms with Crippen molar-refractivity contribution >= 4 is 5.91 Å². The standard InChI is InChI=1S/C16H19N3O3/c1-3-8-17-15(20)10-19-11-18-14(9-16(19)21)12-4-6-13(22-2)7-5-12/h4-7,9,11H,3,8,10H2,1-2H3,(H,17,20). The highest BCUT2D eigenvalue weighted by Gasteiger charge is 2.06. The summed E-state index contributed by atoms with van der Waals surface area (Å²) >= 11 is 0. The Morgan fingerprint density at radius 3 is 2.64 bits per heavy atom. The van der Waals surface area contributed by atoms with Crippen molar-refractivity contribution < 1.29 is 9.53 Å². The van der Waals surface area contributed by atoms with Gasteiger partial charge in [0.2, 0.25) is 5.91 Å². The smallest absolute Gasteiger partial charge is 0.254 e. The van der Waals surface area contributed by atoms with Gasteiger partial charge in [-0.1, -0.05) is 6.92 Å². The summed E-state index contributed by atoms with van der Waals surface area (Å²) in [5.41, 5.74) is 1.13. The lowest BCUT2D eigenvalue weighted by atomic mass is 10.1. The zero-order chi connectivity index (χ0) is 15.9. The normalized spacial score (nSPS) is 10.3. The highest BCUT2D eigenvalue weighted by atomic mass is 16.5. The predicted octanol–water partition coefficient (Wildman–Crippen LogP) is 1.45. The largest absolute Gasteiger partial charge is 0.497 e. The number of rotatable bonds is 6. The van der Waals surface area contributed by atoms with Crippen LogP contribution in [0.4, 0.5) is 0 Å². The number of carbonyl (C=O) groups is 1. The van der Waals surface area contributed by atoms with Gasteiger partial charge in [-0.25, -0.2) is 4.98 Å². The van der Waals surface area contributed by atoms with Crippen molar-refractivity contribution in [1.29, 1.82) is 0 Å². The molecule has 22 heavy (non-hydrogen) atoms. The van der Waals surface area contributed by atoms with E-state index in [-0.39, 0.29) is 18.0 Å². The zero-order valence-electron chi connectivity index (χ0n) is 12.7. The Morgan fingerprint density at radius 1 is 1.32 bits per heavy atom. The lowest BCUT2D eigenvalue weighted by molar-refractivity contribution is -0.121. The molecule has 1 aromatic heterocycles. The van der Waals surface area contributed by atoms with Crippen LogP contribution in [0.5, 0.6) is 5.75 Å². The molecule has 0 bridgehead atoms. The van der Waals surface area contributed by atoms with E-state index in [0.29, 0.717) is 12.2 Å². The summed E-state index contributed by atoms with van der Waals surface area (Å²) in [5.74, 6) is 0.549. The van der Waals surface area contributed by atoms with Crippen molar-refractivity contribution in [2.45, 2.75) is 19.9 Å². The first-order chi connectivity index (χ1) is 10.6. The third-order valence-corrected chi connectivity index (χ3v) is 3.15. The van der Waals surface area contributed by atoms with Gasteiger partial charge < -0.3 is 10.1 Å². The highest BCUT2D eigenvalue weighted by Crippen LogP contribution is 2.19. The van der Waals surface area contributed by atoms with Crippen LogP contribution in [0, 0.1) is 0 Å². The van der Waals surface area contributed by atoms with Crippen molar-refractivity contribution in [3.05, 3.63) is 47.0 Å². The van der Waals surface area contributed by atoms with Crippen molar-refractivity contribution in [2.24, 2.45) is 0 Å². The Hall–Kier alpha value is -2.63. The first-order valence-electron chi connectivity index (χ1n) is 7.11. The molecule has 1 N–H and O–H groups in total. The summed E-state index contributed by atoms with van der Waals surface area (Å²) in [7, 11) is 1.60. The first-order valence-corrected chi connectivity index (χ1v) is 7.11. The van der Waals surface area contributed by atoms with Crippen molar-refractivity contribution in [3.63, 3.8) is 0 Å². The van der Waals surface area contributed by atoms with Crippen LogP contribution in [-0.4, -0.2) is 29.1 Å². The van der Waals surface area contributed by atoms with Crippen LogP contribution in [0.2, 0.25) is 0 Å². The molecule has 0 radical (unpaired) electrons. The fourth-order valence-electron chi connectivity index (χ4n) is 1.94. The molecule has 1 aromatic carbocycles. The molecule has 0 unspecified atom stereocenters. The molecule has 0 saturated carbocycles. The number of methoxy groups -OCH3 is 1. The second-order valence-corrected chi connectivity index (χ2v) is 4.82. The van der Waals surface area contributed by atoms with Gasteiger partial charge in [0.1, 0.15) is 12.3 Å². The van der Waals surface area contributed by atoms with Gasteiger partial charge in [-0.2, -0.15) is 0 Å². The van der Waals surface area contributed by atoms with Crippen LogP contribution in [0.1, 0.15) is 13.3 Å². The van der Waals surface area contributed by atoms with Crippen molar-refractivity contribution in [1.82, 2.24) is 14.9 Å². The summed E-state index contributed by atoms with van der Waals surface area (Å²) in [6.07, 6.45) is 2.25. The fraction of sp³-hybridized carbons (Fsp3) is 0.312. The molecule has 116 valence electrons. The Balaban J connectivity index is 2.15. The molecule has 0 saturated heterocycles. The molecule has 0 aliphatic heterocycles. The molecule has 0 aliphatic rings. The minimum absolute atomic E-state index is 0.0191. The zero-order valence-corrected chi connectivity index (χ0v) is 12.7. The quantitative estimate of drug-likeness (QED) is 0.876. The second kappa shape index (κ2) is 7.40.